The zero-order valence-corrected chi connectivity index (χ0v) is 18.1. The van der Waals surface area contributed by atoms with Gasteiger partial charge in [0.1, 0.15) is 11.5 Å². The van der Waals surface area contributed by atoms with Crippen molar-refractivity contribution in [1.29, 1.82) is 0 Å². The number of benzene rings is 5. The Morgan fingerprint density at radius 2 is 0.818 bits per heavy atom. The third kappa shape index (κ3) is 3.44. The van der Waals surface area contributed by atoms with Gasteiger partial charge in [0.2, 0.25) is 0 Å². The van der Waals surface area contributed by atoms with Crippen molar-refractivity contribution in [2.24, 2.45) is 0 Å². The Balaban J connectivity index is 1.68. The fourth-order valence-corrected chi connectivity index (χ4v) is 4.61. The lowest BCUT2D eigenvalue weighted by molar-refractivity contribution is 0.602. The lowest BCUT2D eigenvalue weighted by Crippen LogP contribution is -1.89. The summed E-state index contributed by atoms with van der Waals surface area (Å²) in [5, 5.41) is 2.25. The van der Waals surface area contributed by atoms with Crippen molar-refractivity contribution in [1.82, 2.24) is 0 Å². The molecule has 1 heterocycles. The first-order valence-electron chi connectivity index (χ1n) is 11.2. The summed E-state index contributed by atoms with van der Waals surface area (Å²) in [6.45, 7) is 0. The van der Waals surface area contributed by atoms with E-state index >= 15 is 0 Å². The minimum absolute atomic E-state index is 0.904. The van der Waals surface area contributed by atoms with Crippen LogP contribution in [0.4, 0.5) is 0 Å². The third-order valence-corrected chi connectivity index (χ3v) is 6.11. The van der Waals surface area contributed by atoms with Crippen LogP contribution in [0.15, 0.2) is 138 Å². The van der Waals surface area contributed by atoms with E-state index in [-0.39, 0.29) is 0 Å². The Morgan fingerprint density at radius 1 is 0.333 bits per heavy atom. The van der Waals surface area contributed by atoms with Gasteiger partial charge in [-0.3, -0.25) is 0 Å². The first-order valence-corrected chi connectivity index (χ1v) is 11.2. The fourth-order valence-electron chi connectivity index (χ4n) is 4.61. The van der Waals surface area contributed by atoms with Crippen molar-refractivity contribution in [3.05, 3.63) is 133 Å². The van der Waals surface area contributed by atoms with E-state index in [1.807, 2.05) is 6.07 Å². The van der Waals surface area contributed by atoms with Gasteiger partial charge in [-0.25, -0.2) is 0 Å². The first-order chi connectivity index (χ1) is 16.4. The normalized spacial score (nSPS) is 11.0. The second-order valence-electron chi connectivity index (χ2n) is 8.13. The SMILES string of the molecule is c1ccc(-c2cccc(-c3oc(-c4ccccc4)c4ccccc34)c2-c2ccccc2)cc1. The molecule has 6 aromatic rings. The van der Waals surface area contributed by atoms with E-state index in [0.717, 1.165) is 33.4 Å². The van der Waals surface area contributed by atoms with Crippen molar-refractivity contribution >= 4 is 10.8 Å². The van der Waals surface area contributed by atoms with Crippen LogP contribution in [0.1, 0.15) is 0 Å². The second kappa shape index (κ2) is 8.29. The molecule has 33 heavy (non-hydrogen) atoms. The molecule has 0 fully saturated rings. The van der Waals surface area contributed by atoms with E-state index in [9.17, 15) is 0 Å². The van der Waals surface area contributed by atoms with Crippen molar-refractivity contribution in [3.63, 3.8) is 0 Å². The molecule has 0 N–H and O–H groups in total. The number of furan rings is 1. The van der Waals surface area contributed by atoms with Crippen LogP contribution in [0.5, 0.6) is 0 Å². The van der Waals surface area contributed by atoms with Crippen LogP contribution in [-0.2, 0) is 0 Å². The zero-order chi connectivity index (χ0) is 22.0. The monoisotopic (exact) mass is 422 g/mol. The molecule has 0 unspecified atom stereocenters. The molecule has 0 bridgehead atoms. The topological polar surface area (TPSA) is 13.1 Å². The molecular formula is C32H22O. The highest BCUT2D eigenvalue weighted by molar-refractivity contribution is 6.06. The van der Waals surface area contributed by atoms with E-state index < -0.39 is 0 Å². The summed E-state index contributed by atoms with van der Waals surface area (Å²) >= 11 is 0. The third-order valence-electron chi connectivity index (χ3n) is 6.11. The van der Waals surface area contributed by atoms with Gasteiger partial charge < -0.3 is 4.42 Å². The Labute approximate surface area is 193 Å². The van der Waals surface area contributed by atoms with E-state index in [2.05, 4.69) is 127 Å². The molecule has 0 radical (unpaired) electrons. The van der Waals surface area contributed by atoms with Crippen LogP contribution in [0.2, 0.25) is 0 Å². The van der Waals surface area contributed by atoms with Gasteiger partial charge in [-0.2, -0.15) is 0 Å². The lowest BCUT2D eigenvalue weighted by atomic mass is 9.89. The number of hydrogen-bond acceptors (Lipinski definition) is 1. The summed E-state index contributed by atoms with van der Waals surface area (Å²) in [4.78, 5) is 0. The van der Waals surface area contributed by atoms with Crippen LogP contribution in [0.3, 0.4) is 0 Å². The molecule has 0 atom stereocenters. The average molecular weight is 423 g/mol. The smallest absolute Gasteiger partial charge is 0.143 e. The van der Waals surface area contributed by atoms with E-state index in [1.54, 1.807) is 0 Å². The van der Waals surface area contributed by atoms with Crippen LogP contribution in [0.25, 0.3) is 55.7 Å². The van der Waals surface area contributed by atoms with E-state index in [1.165, 1.54) is 22.3 Å². The highest BCUT2D eigenvalue weighted by atomic mass is 16.3. The van der Waals surface area contributed by atoms with Gasteiger partial charge in [-0.05, 0) is 16.7 Å². The summed E-state index contributed by atoms with van der Waals surface area (Å²) in [5.74, 6) is 1.81. The van der Waals surface area contributed by atoms with Gasteiger partial charge in [0.05, 0.1) is 0 Å². The molecule has 0 spiro atoms. The number of rotatable bonds is 4. The summed E-state index contributed by atoms with van der Waals surface area (Å²) < 4.78 is 6.69. The van der Waals surface area contributed by atoms with Crippen LogP contribution in [0, 0.1) is 0 Å². The van der Waals surface area contributed by atoms with Gasteiger partial charge >= 0.3 is 0 Å². The van der Waals surface area contributed by atoms with Gasteiger partial charge in [-0.15, -0.1) is 0 Å². The zero-order valence-electron chi connectivity index (χ0n) is 18.1. The van der Waals surface area contributed by atoms with Crippen LogP contribution < -0.4 is 0 Å². The molecule has 156 valence electrons. The fraction of sp³-hybridized carbons (Fsp3) is 0. The molecule has 1 heteroatoms. The van der Waals surface area contributed by atoms with Gasteiger partial charge in [0.25, 0.3) is 0 Å². The molecule has 0 aliphatic carbocycles. The Bertz CT molecular complexity index is 1530. The van der Waals surface area contributed by atoms with Crippen LogP contribution >= 0.6 is 0 Å². The molecule has 5 aromatic carbocycles. The highest BCUT2D eigenvalue weighted by Crippen LogP contribution is 2.45. The van der Waals surface area contributed by atoms with Gasteiger partial charge in [-0.1, -0.05) is 133 Å². The molecule has 1 nitrogen and oxygen atoms in total. The maximum Gasteiger partial charge on any atom is 0.143 e. The largest absolute Gasteiger partial charge is 0.455 e. The summed E-state index contributed by atoms with van der Waals surface area (Å²) in [6.07, 6.45) is 0. The molecule has 0 amide bonds. The maximum atomic E-state index is 6.69. The van der Waals surface area contributed by atoms with Crippen LogP contribution in [-0.4, -0.2) is 0 Å². The predicted molar refractivity (Wildman–Crippen MR) is 138 cm³/mol. The summed E-state index contributed by atoms with van der Waals surface area (Å²) in [5.41, 5.74) is 6.93. The minimum atomic E-state index is 0.904. The first kappa shape index (κ1) is 19.3. The Hall–Kier alpha value is -4.36. The van der Waals surface area contributed by atoms with E-state index in [0.29, 0.717) is 0 Å². The Morgan fingerprint density at radius 3 is 1.45 bits per heavy atom. The van der Waals surface area contributed by atoms with Crippen molar-refractivity contribution in [3.8, 4) is 44.9 Å². The molecule has 0 aliphatic rings. The maximum absolute atomic E-state index is 6.69. The molecule has 1 aromatic heterocycles. The minimum Gasteiger partial charge on any atom is -0.455 e. The molecular weight excluding hydrogens is 400 g/mol. The lowest BCUT2D eigenvalue weighted by Gasteiger charge is -2.15. The van der Waals surface area contributed by atoms with E-state index in [4.69, 9.17) is 4.42 Å². The van der Waals surface area contributed by atoms with Crippen molar-refractivity contribution < 1.29 is 4.42 Å². The standard InChI is InChI=1S/C32H22O/c1-4-13-23(14-5-1)26-21-12-22-29(30(26)24-15-6-2-7-16-24)32-28-20-11-10-19-27(28)31(33-32)25-17-8-3-9-18-25/h1-22H. The van der Waals surface area contributed by atoms with Crippen molar-refractivity contribution in [2.75, 3.05) is 0 Å². The average Bonchev–Trinajstić information content (AvgIpc) is 3.29. The molecule has 0 aliphatic heterocycles. The van der Waals surface area contributed by atoms with Gasteiger partial charge in [0, 0.05) is 27.5 Å². The Kier molecular flexibility index (Phi) is 4.86. The summed E-state index contributed by atoms with van der Waals surface area (Å²) in [7, 11) is 0. The predicted octanol–water partition coefficient (Wildman–Crippen LogP) is 9.10. The number of fused-ring (bicyclic) bond motifs is 1. The van der Waals surface area contributed by atoms with Crippen molar-refractivity contribution in [2.45, 2.75) is 0 Å². The molecule has 0 saturated heterocycles. The van der Waals surface area contributed by atoms with Gasteiger partial charge in [0.15, 0.2) is 0 Å². The second-order valence-corrected chi connectivity index (χ2v) is 8.13. The quantitative estimate of drug-likeness (QED) is 0.276. The summed E-state index contributed by atoms with van der Waals surface area (Å²) in [6, 6.07) is 46.5. The molecule has 6 rings (SSSR count). The molecule has 0 saturated carbocycles. The number of hydrogen-bond donors (Lipinski definition) is 0. The highest BCUT2D eigenvalue weighted by Gasteiger charge is 2.21.